The molecule has 3 aromatic rings. The number of nitrogens with two attached hydrogens (primary N) is 1. The van der Waals surface area contributed by atoms with Crippen molar-refractivity contribution in [1.82, 2.24) is 14.1 Å². The molecule has 0 aliphatic carbocycles. The van der Waals surface area contributed by atoms with Crippen LogP contribution in [0.25, 0.3) is 11.3 Å². The summed E-state index contributed by atoms with van der Waals surface area (Å²) < 4.78 is 12.2. The molecule has 1 aromatic carbocycles. The van der Waals surface area contributed by atoms with Crippen LogP contribution in [0.15, 0.2) is 50.9 Å². The third-order valence-corrected chi connectivity index (χ3v) is 4.58. The zero-order chi connectivity index (χ0) is 22.7. The maximum Gasteiger partial charge on any atom is 0.338 e. The highest BCUT2D eigenvalue weighted by atomic mass is 16.5. The normalized spacial score (nSPS) is 11.0. The van der Waals surface area contributed by atoms with Crippen LogP contribution in [0.3, 0.4) is 0 Å². The molecule has 0 saturated heterocycles. The van der Waals surface area contributed by atoms with Crippen LogP contribution in [-0.4, -0.2) is 32.5 Å². The quantitative estimate of drug-likeness (QED) is 0.443. The third-order valence-electron chi connectivity index (χ3n) is 4.58. The van der Waals surface area contributed by atoms with Gasteiger partial charge in [0.25, 0.3) is 5.56 Å². The Balaban J connectivity index is 1.77. The number of ketones is 1. The maximum atomic E-state index is 12.6. The third kappa shape index (κ3) is 4.47. The van der Waals surface area contributed by atoms with Gasteiger partial charge in [-0.05, 0) is 18.1 Å². The van der Waals surface area contributed by atoms with Crippen molar-refractivity contribution in [2.24, 2.45) is 13.0 Å². The van der Waals surface area contributed by atoms with E-state index in [9.17, 15) is 19.2 Å². The lowest BCUT2D eigenvalue weighted by molar-refractivity contribution is 0.0474. The molecule has 31 heavy (non-hydrogen) atoms. The molecule has 0 saturated carbocycles. The van der Waals surface area contributed by atoms with Gasteiger partial charge in [0, 0.05) is 19.2 Å². The van der Waals surface area contributed by atoms with E-state index in [1.165, 1.54) is 36.3 Å². The molecule has 0 atom stereocenters. The summed E-state index contributed by atoms with van der Waals surface area (Å²) in [4.78, 5) is 53.5. The summed E-state index contributed by atoms with van der Waals surface area (Å²) in [6, 6.07) is 6.32. The van der Waals surface area contributed by atoms with Gasteiger partial charge < -0.3 is 14.9 Å². The van der Waals surface area contributed by atoms with Crippen LogP contribution in [0.5, 0.6) is 0 Å². The zero-order valence-corrected chi connectivity index (χ0v) is 17.3. The monoisotopic (exact) mass is 426 g/mol. The Bertz CT molecular complexity index is 1220. The summed E-state index contributed by atoms with van der Waals surface area (Å²) in [6.45, 7) is 3.28. The van der Waals surface area contributed by atoms with Crippen molar-refractivity contribution < 1.29 is 18.7 Å². The first-order valence-corrected chi connectivity index (χ1v) is 9.49. The minimum absolute atomic E-state index is 0.0539. The summed E-state index contributed by atoms with van der Waals surface area (Å²) in [6.07, 6.45) is 2.83. The molecule has 0 bridgehead atoms. The Hall–Kier alpha value is -3.95. The van der Waals surface area contributed by atoms with Gasteiger partial charge in [-0.25, -0.2) is 14.6 Å². The van der Waals surface area contributed by atoms with Gasteiger partial charge in [0.2, 0.25) is 5.78 Å². The minimum atomic E-state index is -0.833. The SMILES string of the molecule is CC(C)Cn1c(N)c(C(=O)COC(=O)c2ccc(-c3cnco3)cc2)c(=O)n(C)c1=O. The topological polar surface area (TPSA) is 139 Å². The van der Waals surface area contributed by atoms with Gasteiger partial charge in [-0.15, -0.1) is 0 Å². The highest BCUT2D eigenvalue weighted by Crippen LogP contribution is 2.19. The first-order valence-electron chi connectivity index (χ1n) is 9.49. The van der Waals surface area contributed by atoms with E-state index >= 15 is 0 Å². The second kappa shape index (κ2) is 8.82. The van der Waals surface area contributed by atoms with E-state index in [1.807, 2.05) is 13.8 Å². The molecule has 0 spiro atoms. The number of anilines is 1. The number of benzene rings is 1. The number of nitrogens with zero attached hydrogens (tertiary/aromatic N) is 3. The fourth-order valence-electron chi connectivity index (χ4n) is 3.00. The molecule has 0 fully saturated rings. The Morgan fingerprint density at radius 2 is 1.87 bits per heavy atom. The number of aromatic nitrogens is 3. The predicted octanol–water partition coefficient (Wildman–Crippen LogP) is 1.48. The van der Waals surface area contributed by atoms with E-state index < -0.39 is 29.6 Å². The van der Waals surface area contributed by atoms with Crippen molar-refractivity contribution >= 4 is 17.6 Å². The van der Waals surface area contributed by atoms with Crippen LogP contribution in [0.4, 0.5) is 5.82 Å². The maximum absolute atomic E-state index is 12.6. The lowest BCUT2D eigenvalue weighted by atomic mass is 10.1. The number of esters is 1. The highest BCUT2D eigenvalue weighted by molar-refractivity contribution is 6.02. The van der Waals surface area contributed by atoms with Crippen molar-refractivity contribution in [3.8, 4) is 11.3 Å². The van der Waals surface area contributed by atoms with Gasteiger partial charge in [0.15, 0.2) is 18.8 Å². The van der Waals surface area contributed by atoms with Crippen LogP contribution in [-0.2, 0) is 18.3 Å². The molecule has 0 aliphatic rings. The summed E-state index contributed by atoms with van der Waals surface area (Å²) in [5, 5.41) is 0. The molecule has 10 heteroatoms. The number of oxazole rings is 1. The smallest absolute Gasteiger partial charge is 0.338 e. The Morgan fingerprint density at radius 3 is 2.45 bits per heavy atom. The molecular weight excluding hydrogens is 404 g/mol. The van der Waals surface area contributed by atoms with E-state index in [1.54, 1.807) is 12.1 Å². The molecule has 2 heterocycles. The van der Waals surface area contributed by atoms with Crippen LogP contribution in [0.2, 0.25) is 0 Å². The van der Waals surface area contributed by atoms with Gasteiger partial charge in [-0.2, -0.15) is 0 Å². The van der Waals surface area contributed by atoms with Crippen molar-refractivity contribution in [2.45, 2.75) is 20.4 Å². The molecule has 0 aliphatic heterocycles. The van der Waals surface area contributed by atoms with E-state index in [0.29, 0.717) is 11.3 Å². The van der Waals surface area contributed by atoms with Crippen molar-refractivity contribution in [2.75, 3.05) is 12.3 Å². The first-order chi connectivity index (χ1) is 14.7. The van der Waals surface area contributed by atoms with Crippen molar-refractivity contribution in [3.05, 3.63) is 68.8 Å². The summed E-state index contributed by atoms with van der Waals surface area (Å²) in [5.41, 5.74) is 5.06. The fraction of sp³-hybridized carbons (Fsp3) is 0.286. The second-order valence-corrected chi connectivity index (χ2v) is 7.35. The molecule has 2 N–H and O–H groups in total. The zero-order valence-electron chi connectivity index (χ0n) is 17.3. The largest absolute Gasteiger partial charge is 0.454 e. The Kier molecular flexibility index (Phi) is 6.19. The molecule has 2 aromatic heterocycles. The van der Waals surface area contributed by atoms with Gasteiger partial charge in [-0.3, -0.25) is 18.7 Å². The molecule has 0 radical (unpaired) electrons. The summed E-state index contributed by atoms with van der Waals surface area (Å²) >= 11 is 0. The molecule has 0 unspecified atom stereocenters. The highest BCUT2D eigenvalue weighted by Gasteiger charge is 2.23. The molecule has 10 nitrogen and oxygen atoms in total. The molecule has 162 valence electrons. The minimum Gasteiger partial charge on any atom is -0.454 e. The number of Topliss-reactive ketones (excluding diaryl/α,β-unsaturated/α-hetero) is 1. The first kappa shape index (κ1) is 21.8. The van der Waals surface area contributed by atoms with E-state index in [2.05, 4.69) is 4.98 Å². The van der Waals surface area contributed by atoms with E-state index in [4.69, 9.17) is 14.9 Å². The Labute approximate surface area is 176 Å². The molecule has 3 rings (SSSR count). The number of nitrogen functional groups attached to an aromatic ring is 1. The van der Waals surface area contributed by atoms with Crippen LogP contribution in [0, 0.1) is 5.92 Å². The number of hydrogen-bond acceptors (Lipinski definition) is 8. The lowest BCUT2D eigenvalue weighted by Crippen LogP contribution is -2.43. The average Bonchev–Trinajstić information content (AvgIpc) is 3.28. The molecular formula is C21H22N4O6. The van der Waals surface area contributed by atoms with Crippen LogP contribution >= 0.6 is 0 Å². The van der Waals surface area contributed by atoms with Gasteiger partial charge in [0.1, 0.15) is 11.4 Å². The van der Waals surface area contributed by atoms with Crippen molar-refractivity contribution in [3.63, 3.8) is 0 Å². The number of rotatable bonds is 7. The second-order valence-electron chi connectivity index (χ2n) is 7.35. The van der Waals surface area contributed by atoms with Crippen LogP contribution in [0.1, 0.15) is 34.6 Å². The van der Waals surface area contributed by atoms with Crippen LogP contribution < -0.4 is 17.0 Å². The standard InChI is InChI=1S/C21H22N4O6/c1-12(2)9-25-18(22)17(19(27)24(3)21(25)29)15(26)10-30-20(28)14-6-4-13(5-7-14)16-8-23-11-31-16/h4-8,11-12H,9-10,22H2,1-3H3. The van der Waals surface area contributed by atoms with Gasteiger partial charge >= 0.3 is 11.7 Å². The van der Waals surface area contributed by atoms with E-state index in [-0.39, 0.29) is 29.4 Å². The van der Waals surface area contributed by atoms with Gasteiger partial charge in [0.05, 0.1) is 11.8 Å². The van der Waals surface area contributed by atoms with E-state index in [0.717, 1.165) is 4.57 Å². The fourth-order valence-corrected chi connectivity index (χ4v) is 3.00. The molecule has 0 amide bonds. The average molecular weight is 426 g/mol. The van der Waals surface area contributed by atoms with Gasteiger partial charge in [-0.1, -0.05) is 26.0 Å². The number of carbonyl (C=O) groups excluding carboxylic acids is 2. The summed E-state index contributed by atoms with van der Waals surface area (Å²) in [5.74, 6) is -1.18. The number of carbonyl (C=O) groups is 2. The predicted molar refractivity (Wildman–Crippen MR) is 112 cm³/mol. The number of ether oxygens (including phenoxy) is 1. The lowest BCUT2D eigenvalue weighted by Gasteiger charge is -2.16. The number of hydrogen-bond donors (Lipinski definition) is 1. The Morgan fingerprint density at radius 1 is 1.19 bits per heavy atom. The van der Waals surface area contributed by atoms with Crippen molar-refractivity contribution in [1.29, 1.82) is 0 Å². The summed E-state index contributed by atoms with van der Waals surface area (Å²) in [7, 11) is 1.26.